The summed E-state index contributed by atoms with van der Waals surface area (Å²) in [6.07, 6.45) is 0. The first-order valence-electron chi connectivity index (χ1n) is 46.2. The maximum absolute atomic E-state index is 11.5. The number of rotatable bonds is 77. The number of aliphatic hydroxyl groups excluding tert-OH is 5. The third-order valence-electron chi connectivity index (χ3n) is 13.1. The molecule has 0 saturated heterocycles. The number of carbonyl (C=O) groups is 3. The Morgan fingerprint density at radius 1 is 0.219 bits per heavy atom. The van der Waals surface area contributed by atoms with Gasteiger partial charge in [0.25, 0.3) is 0 Å². The molecule has 0 aromatic carbocycles. The van der Waals surface area contributed by atoms with Gasteiger partial charge in [-0.1, -0.05) is 47.8 Å². The molecule has 52 nitrogen and oxygen atoms in total. The number of hydrogen-bond donors (Lipinski definition) is 15. The minimum atomic E-state index is -2.99. The lowest BCUT2D eigenvalue weighted by atomic mass is 10.2. The lowest BCUT2D eigenvalue weighted by molar-refractivity contribution is -0.147. The van der Waals surface area contributed by atoms with E-state index in [0.29, 0.717) is 386 Å². The van der Waals surface area contributed by atoms with Gasteiger partial charge in [-0.2, -0.15) is 0 Å². The monoisotopic (exact) mass is 2800 g/mol. The molecule has 0 spiro atoms. The van der Waals surface area contributed by atoms with Crippen molar-refractivity contribution in [2.75, 3.05) is 264 Å². The summed E-state index contributed by atoms with van der Waals surface area (Å²) in [6.45, 7) is 53.2. The number of carbonyl (C=O) groups excluding carboxylic acids is 3. The Balaban J connectivity index is -0.0000000788. The van der Waals surface area contributed by atoms with Crippen LogP contribution < -0.4 is 0 Å². The summed E-state index contributed by atoms with van der Waals surface area (Å²) >= 11 is 12.4. The van der Waals surface area contributed by atoms with E-state index < -0.39 is 75.6 Å². The third-order valence-corrected chi connectivity index (χ3v) is 41.2. The average molecular weight is 2810 g/mol. The number of ether oxygens (including phenoxy) is 9. The summed E-state index contributed by atoms with van der Waals surface area (Å²) in [6, 6.07) is 0. The predicted molar refractivity (Wildman–Crippen MR) is 643 cm³/mol. The summed E-state index contributed by atoms with van der Waals surface area (Å²) in [5.41, 5.74) is 0. The van der Waals surface area contributed by atoms with Gasteiger partial charge in [0.15, 0.2) is 0 Å². The molecule has 0 bridgehead atoms. The van der Waals surface area contributed by atoms with Gasteiger partial charge in [0, 0.05) is 85.8 Å². The molecule has 0 heterocycles. The van der Waals surface area contributed by atoms with Gasteiger partial charge in [0.05, 0.1) is 176 Å². The van der Waals surface area contributed by atoms with E-state index >= 15 is 0 Å². The van der Waals surface area contributed by atoms with Crippen LogP contribution in [0.3, 0.4) is 0 Å². The molecule has 0 aromatic heterocycles. The van der Waals surface area contributed by atoms with Gasteiger partial charge < -0.3 is 225 Å². The number of hydrogen-bond acceptors (Lipinski definition) is 52. The lowest BCUT2D eigenvalue weighted by Gasteiger charge is -2.26. The number of alkyl halides is 3. The second kappa shape index (κ2) is 151. The quantitative estimate of drug-likeness (QED) is 0.00884. The van der Waals surface area contributed by atoms with E-state index in [9.17, 15) is 14.4 Å². The summed E-state index contributed by atoms with van der Waals surface area (Å²) < 4.78 is 180. The first kappa shape index (κ1) is 191. The van der Waals surface area contributed by atoms with Crippen molar-refractivity contribution < 1.29 is 239 Å². The number of esters is 2. The Kier molecular flexibility index (Phi) is 197. The summed E-state index contributed by atoms with van der Waals surface area (Å²) in [4.78, 5) is 105. The molecule has 0 rings (SSSR count). The fourth-order valence-electron chi connectivity index (χ4n) is 7.61. The zero-order valence-corrected chi connectivity index (χ0v) is 140. The highest BCUT2D eigenvalue weighted by atomic mass is 79.9. The predicted octanol–water partition coefficient (Wildman–Crippen LogP) is -18.1. The molecule has 1 unspecified atom stereocenters. The molecule has 0 fully saturated rings. The van der Waals surface area contributed by atoms with Crippen molar-refractivity contribution in [3.8, 4) is 0 Å². The van der Waals surface area contributed by atoms with Crippen molar-refractivity contribution in [3.63, 3.8) is 0 Å². The van der Waals surface area contributed by atoms with Crippen molar-refractivity contribution in [2.24, 2.45) is 0 Å². The van der Waals surface area contributed by atoms with E-state index in [1.807, 2.05) is 103 Å². The van der Waals surface area contributed by atoms with E-state index in [4.69, 9.17) is 225 Å². The zero-order chi connectivity index (χ0) is 118. The molecule has 0 radical (unpaired) electrons. The maximum Gasteiger partial charge on any atom is 0.668 e. The molecule has 906 valence electrons. The van der Waals surface area contributed by atoms with Crippen molar-refractivity contribution in [3.05, 3.63) is 0 Å². The van der Waals surface area contributed by atoms with Crippen LogP contribution in [0.1, 0.15) is 125 Å². The van der Waals surface area contributed by atoms with Crippen molar-refractivity contribution in [1.82, 2.24) is 0 Å². The smallest absolute Gasteiger partial charge is 0.462 e. The highest BCUT2D eigenvalue weighted by molar-refractivity contribution is 9.20. The number of aliphatic hydroxyl groups is 5. The van der Waals surface area contributed by atoms with E-state index in [2.05, 4.69) is 63.7 Å². The van der Waals surface area contributed by atoms with Crippen molar-refractivity contribution >= 4 is 311 Å². The molecule has 0 aromatic rings. The van der Waals surface area contributed by atoms with Crippen molar-refractivity contribution in [1.29, 1.82) is 0 Å². The first-order chi connectivity index (χ1) is 69.6. The average Bonchev–Trinajstić information content (AvgIpc) is 0.891. The van der Waals surface area contributed by atoms with Gasteiger partial charge in [-0.05, 0) is 154 Å². The normalized spacial score (nSPS) is 11.5. The highest BCUT2D eigenvalue weighted by Gasteiger charge is 2.47. The van der Waals surface area contributed by atoms with Gasteiger partial charge >= 0.3 is 74.5 Å². The van der Waals surface area contributed by atoms with E-state index in [1.165, 1.54) is 0 Å². The summed E-state index contributed by atoms with van der Waals surface area (Å²) in [7, 11) is -12.9. The summed E-state index contributed by atoms with van der Waals surface area (Å²) in [5.74, 6) is -0.631. The number of halogens is 4. The molecule has 146 heavy (non-hydrogen) atoms. The zero-order valence-electron chi connectivity index (χ0n) is 95.1. The molecule has 0 aliphatic carbocycles. The first-order valence-corrected chi connectivity index (χ1v) is 76.4. The minimum Gasteiger partial charge on any atom is -0.462 e. The van der Waals surface area contributed by atoms with Crippen LogP contribution in [0.5, 0.6) is 0 Å². The van der Waals surface area contributed by atoms with Crippen LogP contribution in [0, 0.1) is 0 Å². The van der Waals surface area contributed by atoms with Gasteiger partial charge in [0.2, 0.25) is 4.69 Å². The summed E-state index contributed by atoms with van der Waals surface area (Å²) in [5, 5.41) is 42.5. The Labute approximate surface area is 963 Å². The fraction of sp³-hybridized carbons (Fsp3) is 0.955. The Hall–Kier alpha value is 3.64. The standard InChI is InChI=1S/C12H27BrO7Si2.C11H25BrO6Si2.4C8H22O6Si2.C8H20O4Si.C4H6Br2O.10H4OSi/c1-5-17-22(20-21,18-6-2)19-10-8-15-7-9-16-11(14)12(3,4)13;1-5-16-20(4,18-19)17-9-7-14-6-8-15-10(13)11(2,3)12;4*1-3-11-16(14-15,12-4-2)13-8-7-10-6-5-9;1-4-11-13(2,3)12-8-7-10-6-5-9;1-4(2,6)3(5)7;10*1-2/h5-10H2,1-4,21H3;5-9H2,1-4,19H3;4*9H,3-8H2,1-2,15H3;9H,4-8H2,1-3H3;1-2H3;10*1H,2H3. The van der Waals surface area contributed by atoms with Gasteiger partial charge in [-0.25, -0.2) is 0 Å². The van der Waals surface area contributed by atoms with E-state index in [-0.39, 0.29) is 62.9 Å². The molecule has 0 aliphatic heterocycles. The molecule has 79 heteroatoms. The largest absolute Gasteiger partial charge is 0.668 e. The second-order valence-electron chi connectivity index (χ2n) is 25.0. The van der Waals surface area contributed by atoms with Crippen LogP contribution in [0.25, 0.3) is 0 Å². The van der Waals surface area contributed by atoms with Crippen LogP contribution in [0.15, 0.2) is 0 Å². The molecule has 0 saturated carbocycles. The maximum atomic E-state index is 11.5. The van der Waals surface area contributed by atoms with Crippen LogP contribution in [-0.2, 0) is 166 Å². The minimum absolute atomic E-state index is 0.0106. The van der Waals surface area contributed by atoms with Crippen LogP contribution in [0.4, 0.5) is 0 Å². The Morgan fingerprint density at radius 2 is 0.370 bits per heavy atom. The molecule has 1 atom stereocenters. The van der Waals surface area contributed by atoms with Crippen molar-refractivity contribution in [2.45, 2.75) is 157 Å². The van der Waals surface area contributed by atoms with Gasteiger partial charge in [-0.15, -0.1) is 0 Å². The molecular weight excluding hydrogens is 2600 g/mol. The van der Waals surface area contributed by atoms with Crippen LogP contribution in [-0.4, -0.2) is 598 Å². The molecule has 15 N–H and O–H groups in total. The van der Waals surface area contributed by atoms with E-state index in [0.717, 1.165) is 0 Å². The van der Waals surface area contributed by atoms with Crippen LogP contribution >= 0.6 is 63.7 Å². The lowest BCUT2D eigenvalue weighted by Crippen LogP contribution is -2.49. The highest BCUT2D eigenvalue weighted by Crippen LogP contribution is 2.21. The SMILES string of the molecule is CC(C)(Br)C(=O)Br.CCO[Si](C)(C)OCCOCCO.CCO[Si](C)(O[SiH3])OCCOCCOC(=O)C(C)(C)Br.CCO[Si](O[SiH3])(OCC)OCCOCCO.CCO[Si](O[SiH3])(OCC)OCCOCCO.CCO[Si](O[SiH3])(OCC)OCCOCCO.CCO[Si](O[SiH3])(OCC)OCCOCCO.CCO[Si](O[SiH3])(OCC)OCCOCCOC(=O)C(C)(C)Br.O[SiH3].O[SiH3].O[SiH3].O[SiH3].O[SiH3].O[SiH3].O[SiH3].O[SiH3].O[SiH3].O[SiH3]. The van der Waals surface area contributed by atoms with E-state index in [1.54, 1.807) is 41.5 Å². The third kappa shape index (κ3) is 142. The molecule has 0 amide bonds. The van der Waals surface area contributed by atoms with Gasteiger partial charge in [0.1, 0.15) is 190 Å². The molecular formula is C67H206Br4O52Si23. The van der Waals surface area contributed by atoms with Gasteiger partial charge in [-0.3, -0.25) is 14.4 Å². The molecule has 0 aliphatic rings. The topological polar surface area (TPSA) is 668 Å². The second-order valence-corrected chi connectivity index (χ2v) is 56.5. The Morgan fingerprint density at radius 3 is 0.507 bits per heavy atom. The van der Waals surface area contributed by atoms with Crippen LogP contribution in [0.2, 0.25) is 19.6 Å². The fourth-order valence-corrected chi connectivity index (χ4v) is 24.7. The Bertz CT molecular complexity index is 2220.